The number of carboxylic acids is 1. The number of carbonyl (C=O) groups is 3. The summed E-state index contributed by atoms with van der Waals surface area (Å²) in [5, 5.41) is 24.0. The topological polar surface area (TPSA) is 125 Å². The molecule has 3 rings (SSSR count). The minimum atomic E-state index is -1.27. The Labute approximate surface area is 184 Å². The van der Waals surface area contributed by atoms with Gasteiger partial charge in [-0.25, -0.2) is 4.79 Å². The molecule has 3 aromatic rings. The average Bonchev–Trinajstić information content (AvgIpc) is 2.79. The van der Waals surface area contributed by atoms with Crippen LogP contribution in [0.4, 0.5) is 5.69 Å². The standard InChI is InChI=1S/C24H22N2O6/c1-32-20-12-2-15(3-13-20)14-21(28)25-18-8-4-17(5-9-18)23(29)26-22(24(30)31)16-6-10-19(27)11-7-16/h2-13,22,27H,14H2,1H3,(H,25,28)(H,26,29)(H,30,31). The maximum Gasteiger partial charge on any atom is 0.330 e. The molecule has 0 radical (unpaired) electrons. The van der Waals surface area contributed by atoms with E-state index in [0.717, 1.165) is 5.56 Å². The van der Waals surface area contributed by atoms with E-state index >= 15 is 0 Å². The van der Waals surface area contributed by atoms with Crippen molar-refractivity contribution in [3.8, 4) is 11.5 Å². The molecular formula is C24H22N2O6. The molecule has 164 valence electrons. The summed E-state index contributed by atoms with van der Waals surface area (Å²) in [5.74, 6) is -1.33. The first-order valence-electron chi connectivity index (χ1n) is 9.71. The fourth-order valence-electron chi connectivity index (χ4n) is 3.01. The Bertz CT molecular complexity index is 1090. The van der Waals surface area contributed by atoms with Crippen molar-refractivity contribution in [1.29, 1.82) is 0 Å². The van der Waals surface area contributed by atoms with Gasteiger partial charge in [-0.05, 0) is 59.7 Å². The van der Waals surface area contributed by atoms with Crippen molar-refractivity contribution in [2.24, 2.45) is 0 Å². The molecule has 0 fully saturated rings. The van der Waals surface area contributed by atoms with E-state index in [1.165, 1.54) is 36.4 Å². The molecule has 0 saturated heterocycles. The second kappa shape index (κ2) is 10.1. The summed E-state index contributed by atoms with van der Waals surface area (Å²) in [6.07, 6.45) is 0.180. The number of methoxy groups -OCH3 is 1. The van der Waals surface area contributed by atoms with E-state index in [1.807, 2.05) is 0 Å². The number of amides is 2. The summed E-state index contributed by atoms with van der Waals surface area (Å²) in [5.41, 5.74) is 1.90. The summed E-state index contributed by atoms with van der Waals surface area (Å²) in [7, 11) is 1.57. The van der Waals surface area contributed by atoms with E-state index in [4.69, 9.17) is 4.74 Å². The monoisotopic (exact) mass is 434 g/mol. The number of aliphatic carboxylic acids is 1. The van der Waals surface area contributed by atoms with Crippen molar-refractivity contribution in [3.63, 3.8) is 0 Å². The lowest BCUT2D eigenvalue weighted by atomic mass is 10.1. The lowest BCUT2D eigenvalue weighted by Gasteiger charge is -2.15. The average molecular weight is 434 g/mol. The fourth-order valence-corrected chi connectivity index (χ4v) is 3.01. The summed E-state index contributed by atoms with van der Waals surface area (Å²) in [4.78, 5) is 36.3. The van der Waals surface area contributed by atoms with Gasteiger partial charge in [0, 0.05) is 11.3 Å². The Morgan fingerprint density at radius 1 is 0.906 bits per heavy atom. The number of carboxylic acid groups (broad SMARTS) is 1. The van der Waals surface area contributed by atoms with E-state index in [9.17, 15) is 24.6 Å². The third kappa shape index (κ3) is 5.85. The zero-order valence-corrected chi connectivity index (χ0v) is 17.2. The second-order valence-electron chi connectivity index (χ2n) is 6.99. The highest BCUT2D eigenvalue weighted by Crippen LogP contribution is 2.19. The van der Waals surface area contributed by atoms with Gasteiger partial charge < -0.3 is 25.6 Å². The number of phenols is 1. The van der Waals surface area contributed by atoms with Gasteiger partial charge >= 0.3 is 5.97 Å². The van der Waals surface area contributed by atoms with Crippen LogP contribution in [0.5, 0.6) is 11.5 Å². The van der Waals surface area contributed by atoms with Crippen molar-refractivity contribution >= 4 is 23.5 Å². The third-order valence-corrected chi connectivity index (χ3v) is 4.70. The van der Waals surface area contributed by atoms with Gasteiger partial charge in [-0.2, -0.15) is 0 Å². The predicted molar refractivity (Wildman–Crippen MR) is 118 cm³/mol. The molecule has 32 heavy (non-hydrogen) atoms. The molecule has 1 unspecified atom stereocenters. The van der Waals surface area contributed by atoms with Crippen LogP contribution >= 0.6 is 0 Å². The van der Waals surface area contributed by atoms with E-state index in [1.54, 1.807) is 43.5 Å². The molecule has 0 aliphatic rings. The van der Waals surface area contributed by atoms with E-state index in [-0.39, 0.29) is 23.6 Å². The van der Waals surface area contributed by atoms with Crippen LogP contribution in [0.2, 0.25) is 0 Å². The van der Waals surface area contributed by atoms with Crippen LogP contribution in [0.15, 0.2) is 72.8 Å². The van der Waals surface area contributed by atoms with Crippen LogP contribution in [0.1, 0.15) is 27.5 Å². The molecule has 8 nitrogen and oxygen atoms in total. The first kappa shape index (κ1) is 22.4. The second-order valence-corrected chi connectivity index (χ2v) is 6.99. The van der Waals surface area contributed by atoms with Crippen molar-refractivity contribution in [2.75, 3.05) is 12.4 Å². The molecule has 2 amide bonds. The number of carbonyl (C=O) groups excluding carboxylic acids is 2. The molecule has 0 saturated carbocycles. The Hall–Kier alpha value is -4.33. The van der Waals surface area contributed by atoms with Crippen LogP contribution in [0, 0.1) is 0 Å². The quantitative estimate of drug-likeness (QED) is 0.432. The lowest BCUT2D eigenvalue weighted by Crippen LogP contribution is -2.33. The number of hydrogen-bond donors (Lipinski definition) is 4. The molecule has 0 aliphatic carbocycles. The molecular weight excluding hydrogens is 412 g/mol. The van der Waals surface area contributed by atoms with E-state index < -0.39 is 17.9 Å². The zero-order valence-electron chi connectivity index (χ0n) is 17.2. The van der Waals surface area contributed by atoms with E-state index in [0.29, 0.717) is 17.0 Å². The van der Waals surface area contributed by atoms with Crippen LogP contribution in [0.3, 0.4) is 0 Å². The molecule has 1 atom stereocenters. The van der Waals surface area contributed by atoms with Crippen molar-refractivity contribution in [2.45, 2.75) is 12.5 Å². The van der Waals surface area contributed by atoms with Crippen LogP contribution in [-0.2, 0) is 16.0 Å². The summed E-state index contributed by atoms with van der Waals surface area (Å²) < 4.78 is 5.09. The molecule has 3 aromatic carbocycles. The Morgan fingerprint density at radius 3 is 2.09 bits per heavy atom. The third-order valence-electron chi connectivity index (χ3n) is 4.70. The molecule has 0 heterocycles. The van der Waals surface area contributed by atoms with Crippen molar-refractivity contribution < 1.29 is 29.3 Å². The maximum absolute atomic E-state index is 12.5. The van der Waals surface area contributed by atoms with Crippen molar-refractivity contribution in [3.05, 3.63) is 89.5 Å². The van der Waals surface area contributed by atoms with Gasteiger partial charge in [0.05, 0.1) is 13.5 Å². The number of hydrogen-bond acceptors (Lipinski definition) is 5. The highest BCUT2D eigenvalue weighted by Gasteiger charge is 2.22. The first-order chi connectivity index (χ1) is 15.4. The van der Waals surface area contributed by atoms with Gasteiger partial charge in [0.2, 0.25) is 5.91 Å². The number of rotatable bonds is 8. The molecule has 0 spiro atoms. The zero-order chi connectivity index (χ0) is 23.1. The highest BCUT2D eigenvalue weighted by atomic mass is 16.5. The summed E-state index contributed by atoms with van der Waals surface area (Å²) in [6.45, 7) is 0. The minimum absolute atomic E-state index is 0.00570. The molecule has 0 aromatic heterocycles. The van der Waals surface area contributed by atoms with Gasteiger partial charge in [-0.3, -0.25) is 9.59 Å². The number of phenolic OH excluding ortho intramolecular Hbond substituents is 1. The number of ether oxygens (including phenoxy) is 1. The molecule has 0 aliphatic heterocycles. The molecule has 8 heteroatoms. The Balaban J connectivity index is 1.61. The minimum Gasteiger partial charge on any atom is -0.508 e. The fraction of sp³-hybridized carbons (Fsp3) is 0.125. The predicted octanol–water partition coefficient (Wildman–Crippen LogP) is 3.14. The van der Waals surface area contributed by atoms with Crippen LogP contribution < -0.4 is 15.4 Å². The largest absolute Gasteiger partial charge is 0.508 e. The molecule has 4 N–H and O–H groups in total. The van der Waals surface area contributed by atoms with E-state index in [2.05, 4.69) is 10.6 Å². The van der Waals surface area contributed by atoms with Crippen LogP contribution in [0.25, 0.3) is 0 Å². The van der Waals surface area contributed by atoms with Gasteiger partial charge in [0.15, 0.2) is 6.04 Å². The van der Waals surface area contributed by atoms with Crippen LogP contribution in [-0.4, -0.2) is 35.1 Å². The Morgan fingerprint density at radius 2 is 1.53 bits per heavy atom. The van der Waals surface area contributed by atoms with Gasteiger partial charge in [0.25, 0.3) is 5.91 Å². The normalized spacial score (nSPS) is 11.3. The lowest BCUT2D eigenvalue weighted by molar-refractivity contribution is -0.139. The number of aromatic hydroxyl groups is 1. The number of anilines is 1. The summed E-state index contributed by atoms with van der Waals surface area (Å²) >= 11 is 0. The van der Waals surface area contributed by atoms with Gasteiger partial charge in [-0.15, -0.1) is 0 Å². The summed E-state index contributed by atoms with van der Waals surface area (Å²) in [6, 6.07) is 17.6. The highest BCUT2D eigenvalue weighted by molar-refractivity contribution is 5.98. The number of nitrogens with one attached hydrogen (secondary N) is 2. The van der Waals surface area contributed by atoms with Crippen molar-refractivity contribution in [1.82, 2.24) is 5.32 Å². The van der Waals surface area contributed by atoms with Gasteiger partial charge in [-0.1, -0.05) is 24.3 Å². The SMILES string of the molecule is COc1ccc(CC(=O)Nc2ccc(C(=O)NC(C(=O)O)c3ccc(O)cc3)cc2)cc1. The maximum atomic E-state index is 12.5. The molecule has 0 bridgehead atoms. The number of benzene rings is 3. The van der Waals surface area contributed by atoms with Gasteiger partial charge in [0.1, 0.15) is 11.5 Å². The Kier molecular flexibility index (Phi) is 7.07. The smallest absolute Gasteiger partial charge is 0.330 e. The first-order valence-corrected chi connectivity index (χ1v) is 9.71.